The van der Waals surface area contributed by atoms with E-state index in [-0.39, 0.29) is 5.95 Å². The van der Waals surface area contributed by atoms with Gasteiger partial charge in [0.05, 0.1) is 5.69 Å². The average molecular weight is 485 g/mol. The highest BCUT2D eigenvalue weighted by Gasteiger charge is 2.23. The summed E-state index contributed by atoms with van der Waals surface area (Å²) in [5, 5.41) is 14.8. The number of hydrogen-bond acceptors (Lipinski definition) is 9. The first-order valence-electron chi connectivity index (χ1n) is 11.9. The molecular formula is C27H32N8O. The third kappa shape index (κ3) is 5.92. The largest absolute Gasteiger partial charge is 0.378 e. The predicted molar refractivity (Wildman–Crippen MR) is 144 cm³/mol. The summed E-state index contributed by atoms with van der Waals surface area (Å²) in [6.07, 6.45) is 10.2. The minimum absolute atomic E-state index is 0.197. The zero-order valence-electron chi connectivity index (χ0n) is 20.8. The van der Waals surface area contributed by atoms with Crippen LogP contribution >= 0.6 is 0 Å². The van der Waals surface area contributed by atoms with Crippen molar-refractivity contribution in [2.45, 2.75) is 38.3 Å². The average Bonchev–Trinajstić information content (AvgIpc) is 2.88. The number of nitrogens with two attached hydrogens (primary N) is 1. The van der Waals surface area contributed by atoms with E-state index in [9.17, 15) is 4.79 Å². The second-order valence-electron chi connectivity index (χ2n) is 9.24. The Morgan fingerprint density at radius 2 is 1.97 bits per heavy atom. The number of aromatic nitrogens is 3. The summed E-state index contributed by atoms with van der Waals surface area (Å²) in [7, 11) is 4.08. The molecule has 4 rings (SSSR count). The lowest BCUT2D eigenvalue weighted by Crippen LogP contribution is -2.27. The van der Waals surface area contributed by atoms with Crippen molar-refractivity contribution in [2.75, 3.05) is 25.1 Å². The van der Waals surface area contributed by atoms with E-state index in [1.54, 1.807) is 18.6 Å². The number of fused-ring (bicyclic) bond motifs is 1. The van der Waals surface area contributed by atoms with Crippen LogP contribution < -0.4 is 16.4 Å². The summed E-state index contributed by atoms with van der Waals surface area (Å²) in [4.78, 5) is 26.9. The van der Waals surface area contributed by atoms with Crippen LogP contribution in [0.5, 0.6) is 0 Å². The van der Waals surface area contributed by atoms with E-state index >= 15 is 0 Å². The Labute approximate surface area is 211 Å². The maximum atomic E-state index is 11.8. The van der Waals surface area contributed by atoms with Crippen LogP contribution in [0, 0.1) is 5.41 Å². The first kappa shape index (κ1) is 25.0. The highest BCUT2D eigenvalue weighted by molar-refractivity contribution is 5.82. The SMILES string of the molecule is CC(CC(=N)CCc1ccc(Nc2nc(-c3cnc(N)nc3)cc3c2C(C=O)NC=C3)cc1)N(C)C. The molecule has 2 atom stereocenters. The number of aryl methyl sites for hydroxylation is 1. The van der Waals surface area contributed by atoms with Gasteiger partial charge in [-0.3, -0.25) is 0 Å². The van der Waals surface area contributed by atoms with Crippen molar-refractivity contribution >= 4 is 35.5 Å². The molecule has 1 aliphatic rings. The third-order valence-corrected chi connectivity index (χ3v) is 6.40. The molecule has 0 fully saturated rings. The number of aldehydes is 1. The molecule has 36 heavy (non-hydrogen) atoms. The minimum atomic E-state index is -0.508. The van der Waals surface area contributed by atoms with Crippen molar-refractivity contribution < 1.29 is 4.79 Å². The molecule has 9 nitrogen and oxygen atoms in total. The van der Waals surface area contributed by atoms with Crippen LogP contribution in [0.4, 0.5) is 17.5 Å². The monoisotopic (exact) mass is 484 g/mol. The molecule has 0 bridgehead atoms. The van der Waals surface area contributed by atoms with Gasteiger partial charge in [0.15, 0.2) is 0 Å². The van der Waals surface area contributed by atoms with Crippen molar-refractivity contribution in [3.8, 4) is 11.3 Å². The Morgan fingerprint density at radius 1 is 1.25 bits per heavy atom. The van der Waals surface area contributed by atoms with E-state index in [2.05, 4.69) is 44.6 Å². The second kappa shape index (κ2) is 11.1. The quantitative estimate of drug-likeness (QED) is 0.251. The Morgan fingerprint density at radius 3 is 2.64 bits per heavy atom. The summed E-state index contributed by atoms with van der Waals surface area (Å²) in [5.41, 5.74) is 11.5. The number of carbonyl (C=O) groups excluding carboxylic acids is 1. The molecule has 0 aliphatic carbocycles. The molecule has 2 unspecified atom stereocenters. The van der Waals surface area contributed by atoms with Crippen LogP contribution in [0.25, 0.3) is 17.3 Å². The molecule has 186 valence electrons. The lowest BCUT2D eigenvalue weighted by atomic mass is 9.97. The molecule has 3 aromatic rings. The van der Waals surface area contributed by atoms with Gasteiger partial charge in [-0.05, 0) is 75.5 Å². The van der Waals surface area contributed by atoms with E-state index in [0.29, 0.717) is 17.6 Å². The summed E-state index contributed by atoms with van der Waals surface area (Å²) < 4.78 is 0. The number of pyridine rings is 1. The zero-order valence-corrected chi connectivity index (χ0v) is 20.8. The number of carbonyl (C=O) groups is 1. The molecule has 2 aromatic heterocycles. The van der Waals surface area contributed by atoms with Gasteiger partial charge in [-0.15, -0.1) is 0 Å². The predicted octanol–water partition coefficient (Wildman–Crippen LogP) is 3.97. The fraction of sp³-hybridized carbons (Fsp3) is 0.296. The Hall–Kier alpha value is -4.11. The van der Waals surface area contributed by atoms with Crippen molar-refractivity contribution in [2.24, 2.45) is 0 Å². The Balaban J connectivity index is 1.54. The van der Waals surface area contributed by atoms with Gasteiger partial charge in [0.1, 0.15) is 18.1 Å². The van der Waals surface area contributed by atoms with Gasteiger partial charge < -0.3 is 31.5 Å². The maximum Gasteiger partial charge on any atom is 0.219 e. The van der Waals surface area contributed by atoms with E-state index in [4.69, 9.17) is 16.1 Å². The van der Waals surface area contributed by atoms with Crippen molar-refractivity contribution in [3.63, 3.8) is 0 Å². The first-order valence-corrected chi connectivity index (χ1v) is 11.9. The molecule has 9 heteroatoms. The summed E-state index contributed by atoms with van der Waals surface area (Å²) >= 11 is 0. The van der Waals surface area contributed by atoms with Gasteiger partial charge in [-0.25, -0.2) is 15.0 Å². The summed E-state index contributed by atoms with van der Waals surface area (Å²) in [5.74, 6) is 0.781. The standard InChI is InChI=1S/C27H32N8O/c1-17(35(2)3)12-21(28)7-4-18-5-8-22(9-6-18)33-26-25-19(10-11-30-24(25)16-36)13-23(34-26)20-14-31-27(29)32-15-20/h5-6,8-11,13-17,24,28,30H,4,7,12H2,1-3H3,(H,33,34)(H2,29,31,32). The number of nitrogens with zero attached hydrogens (tertiary/aromatic N) is 4. The second-order valence-corrected chi connectivity index (χ2v) is 9.24. The van der Waals surface area contributed by atoms with Crippen molar-refractivity contribution in [3.05, 3.63) is 65.6 Å². The molecule has 3 heterocycles. The highest BCUT2D eigenvalue weighted by Crippen LogP contribution is 2.34. The van der Waals surface area contributed by atoms with Crippen LogP contribution in [-0.2, 0) is 11.2 Å². The molecule has 0 saturated heterocycles. The number of anilines is 3. The normalized spacial score (nSPS) is 15.2. The summed E-state index contributed by atoms with van der Waals surface area (Å²) in [6, 6.07) is 9.88. The number of nitrogens with one attached hydrogen (secondary N) is 3. The molecule has 0 radical (unpaired) electrons. The topological polar surface area (TPSA) is 133 Å². The Bertz CT molecular complexity index is 1250. The van der Waals surface area contributed by atoms with E-state index in [1.165, 1.54) is 5.56 Å². The Kier molecular flexibility index (Phi) is 7.70. The number of benzene rings is 1. The summed E-state index contributed by atoms with van der Waals surface area (Å²) in [6.45, 7) is 2.14. The fourth-order valence-electron chi connectivity index (χ4n) is 4.01. The highest BCUT2D eigenvalue weighted by atomic mass is 16.1. The van der Waals surface area contributed by atoms with Crippen LogP contribution in [0.1, 0.15) is 42.5 Å². The van der Waals surface area contributed by atoms with Crippen LogP contribution in [-0.4, -0.2) is 52.0 Å². The molecule has 5 N–H and O–H groups in total. The van der Waals surface area contributed by atoms with Gasteiger partial charge in [-0.1, -0.05) is 12.1 Å². The fourth-order valence-corrected chi connectivity index (χ4v) is 4.01. The third-order valence-electron chi connectivity index (χ3n) is 6.40. The van der Waals surface area contributed by atoms with E-state index in [1.807, 2.05) is 38.4 Å². The number of hydrogen-bond donors (Lipinski definition) is 4. The first-order chi connectivity index (χ1) is 17.3. The lowest BCUT2D eigenvalue weighted by molar-refractivity contribution is -0.109. The van der Waals surface area contributed by atoms with Crippen LogP contribution in [0.3, 0.4) is 0 Å². The van der Waals surface area contributed by atoms with Gasteiger partial charge in [0.25, 0.3) is 0 Å². The van der Waals surface area contributed by atoms with Crippen LogP contribution in [0.2, 0.25) is 0 Å². The van der Waals surface area contributed by atoms with Gasteiger partial charge in [-0.2, -0.15) is 0 Å². The van der Waals surface area contributed by atoms with Gasteiger partial charge in [0, 0.05) is 47.4 Å². The van der Waals surface area contributed by atoms with Gasteiger partial charge in [0.2, 0.25) is 5.95 Å². The van der Waals surface area contributed by atoms with Crippen molar-refractivity contribution in [1.82, 2.24) is 25.2 Å². The van der Waals surface area contributed by atoms with Gasteiger partial charge >= 0.3 is 0 Å². The molecule has 0 saturated carbocycles. The van der Waals surface area contributed by atoms with E-state index < -0.39 is 6.04 Å². The minimum Gasteiger partial charge on any atom is -0.378 e. The lowest BCUT2D eigenvalue weighted by Gasteiger charge is -2.23. The molecule has 0 amide bonds. The van der Waals surface area contributed by atoms with Crippen LogP contribution in [0.15, 0.2) is 48.9 Å². The zero-order chi connectivity index (χ0) is 25.7. The molecule has 0 spiro atoms. The van der Waals surface area contributed by atoms with Crippen molar-refractivity contribution in [1.29, 1.82) is 5.41 Å². The molecular weight excluding hydrogens is 452 g/mol. The maximum absolute atomic E-state index is 11.8. The van der Waals surface area contributed by atoms with E-state index in [0.717, 1.165) is 53.6 Å². The smallest absolute Gasteiger partial charge is 0.219 e. The molecule has 1 aromatic carbocycles. The molecule has 1 aliphatic heterocycles. The number of rotatable bonds is 10. The number of nitrogen functional groups attached to an aromatic ring is 1.